The quantitative estimate of drug-likeness (QED) is 0.433. The van der Waals surface area contributed by atoms with Crippen LogP contribution in [0.1, 0.15) is 27.2 Å². The van der Waals surface area contributed by atoms with Crippen molar-refractivity contribution >= 4 is 0 Å². The number of hydrogen-bond acceptors (Lipinski definition) is 2. The minimum Gasteiger partial charge on any atom is -0.295 e. The number of nitrogens with zero attached hydrogens (tertiary/aromatic N) is 1. The van der Waals surface area contributed by atoms with Crippen LogP contribution in [-0.4, -0.2) is 24.3 Å². The maximum Gasteiger partial charge on any atom is 0.0864 e. The molecule has 0 amide bonds. The van der Waals surface area contributed by atoms with Crippen LogP contribution in [0, 0.1) is 0 Å². The van der Waals surface area contributed by atoms with Gasteiger partial charge in [-0.3, -0.25) is 4.84 Å². The maximum atomic E-state index is 5.41. The van der Waals surface area contributed by atoms with Crippen LogP contribution in [0.5, 0.6) is 0 Å². The molecule has 0 aliphatic rings. The fraction of sp³-hybridized carbons (Fsp3) is 0.778. The van der Waals surface area contributed by atoms with E-state index < -0.39 is 0 Å². The summed E-state index contributed by atoms with van der Waals surface area (Å²) in [5.41, 5.74) is 0. The van der Waals surface area contributed by atoms with Gasteiger partial charge in [-0.15, -0.1) is 6.58 Å². The average molecular weight is 157 g/mol. The first kappa shape index (κ1) is 10.7. The lowest BCUT2D eigenvalue weighted by Crippen LogP contribution is -2.31. The van der Waals surface area contributed by atoms with Crippen LogP contribution in [0.3, 0.4) is 0 Å². The van der Waals surface area contributed by atoms with Crippen LogP contribution in [0.4, 0.5) is 0 Å². The van der Waals surface area contributed by atoms with Crippen molar-refractivity contribution in [2.45, 2.75) is 33.2 Å². The molecule has 0 heterocycles. The van der Waals surface area contributed by atoms with Gasteiger partial charge in [0.25, 0.3) is 0 Å². The first-order valence-electron chi connectivity index (χ1n) is 4.22. The van der Waals surface area contributed by atoms with Crippen LogP contribution in [0.25, 0.3) is 0 Å². The molecule has 0 spiro atoms. The van der Waals surface area contributed by atoms with E-state index in [1.54, 1.807) is 6.08 Å². The van der Waals surface area contributed by atoms with Crippen molar-refractivity contribution in [3.05, 3.63) is 12.7 Å². The highest BCUT2D eigenvalue weighted by molar-refractivity contribution is 4.64. The summed E-state index contributed by atoms with van der Waals surface area (Å²) in [6.45, 7) is 11.6. The Morgan fingerprint density at radius 2 is 2.18 bits per heavy atom. The van der Waals surface area contributed by atoms with E-state index >= 15 is 0 Å². The fourth-order valence-corrected chi connectivity index (χ4v) is 0.841. The predicted octanol–water partition coefficient (Wildman–Crippen LogP) is 2.22. The Morgan fingerprint density at radius 1 is 1.55 bits per heavy atom. The Morgan fingerprint density at radius 3 is 2.55 bits per heavy atom. The third kappa shape index (κ3) is 4.99. The van der Waals surface area contributed by atoms with Crippen molar-refractivity contribution in [1.29, 1.82) is 0 Å². The minimum atomic E-state index is 0.454. The molecular weight excluding hydrogens is 138 g/mol. The molecule has 0 bridgehead atoms. The van der Waals surface area contributed by atoms with Crippen molar-refractivity contribution in [2.24, 2.45) is 0 Å². The van der Waals surface area contributed by atoms with Crippen molar-refractivity contribution in [2.75, 3.05) is 13.2 Å². The van der Waals surface area contributed by atoms with Gasteiger partial charge in [-0.25, -0.2) is 0 Å². The van der Waals surface area contributed by atoms with Gasteiger partial charge in [-0.05, 0) is 20.3 Å². The molecule has 0 aromatic carbocycles. The fourth-order valence-electron chi connectivity index (χ4n) is 0.841. The summed E-state index contributed by atoms with van der Waals surface area (Å²) in [6, 6.07) is 0.454. The largest absolute Gasteiger partial charge is 0.295 e. The molecule has 66 valence electrons. The van der Waals surface area contributed by atoms with Gasteiger partial charge < -0.3 is 0 Å². The molecule has 0 aromatic rings. The highest BCUT2D eigenvalue weighted by Crippen LogP contribution is 2.00. The molecule has 0 unspecified atom stereocenters. The lowest BCUT2D eigenvalue weighted by Gasteiger charge is -2.24. The Balaban J connectivity index is 3.59. The number of hydrogen-bond donors (Lipinski definition) is 0. The van der Waals surface area contributed by atoms with Gasteiger partial charge in [0, 0.05) is 12.6 Å². The molecule has 2 heteroatoms. The first-order chi connectivity index (χ1) is 5.22. The highest BCUT2D eigenvalue weighted by atomic mass is 16.7. The zero-order valence-corrected chi connectivity index (χ0v) is 7.84. The summed E-state index contributed by atoms with van der Waals surface area (Å²) in [5, 5.41) is 1.99. The van der Waals surface area contributed by atoms with Gasteiger partial charge in [0.15, 0.2) is 0 Å². The van der Waals surface area contributed by atoms with Gasteiger partial charge >= 0.3 is 0 Å². The summed E-state index contributed by atoms with van der Waals surface area (Å²) in [4.78, 5) is 5.41. The van der Waals surface area contributed by atoms with Gasteiger partial charge in [-0.1, -0.05) is 13.0 Å². The molecule has 0 saturated carbocycles. The third-order valence-corrected chi connectivity index (χ3v) is 1.38. The van der Waals surface area contributed by atoms with Crippen molar-refractivity contribution in [3.8, 4) is 0 Å². The molecule has 0 fully saturated rings. The Labute approximate surface area is 69.8 Å². The van der Waals surface area contributed by atoms with Gasteiger partial charge in [0.05, 0.1) is 6.61 Å². The Kier molecular flexibility index (Phi) is 6.18. The highest BCUT2D eigenvalue weighted by Gasteiger charge is 2.06. The van der Waals surface area contributed by atoms with E-state index in [4.69, 9.17) is 4.84 Å². The predicted molar refractivity (Wildman–Crippen MR) is 48.3 cm³/mol. The Hall–Kier alpha value is -0.340. The zero-order chi connectivity index (χ0) is 8.69. The molecule has 0 rings (SSSR count). The summed E-state index contributed by atoms with van der Waals surface area (Å²) >= 11 is 0. The molecule has 0 atom stereocenters. The second-order valence-electron chi connectivity index (χ2n) is 2.82. The maximum absolute atomic E-state index is 5.41. The normalized spacial score (nSPS) is 11.0. The smallest absolute Gasteiger partial charge is 0.0864 e. The topological polar surface area (TPSA) is 12.5 Å². The first-order valence-corrected chi connectivity index (χ1v) is 4.22. The summed E-state index contributed by atoms with van der Waals surface area (Å²) < 4.78 is 0. The monoisotopic (exact) mass is 157 g/mol. The summed E-state index contributed by atoms with van der Waals surface area (Å²) in [7, 11) is 0. The summed E-state index contributed by atoms with van der Waals surface area (Å²) in [6.07, 6.45) is 2.89. The molecule has 0 aliphatic carbocycles. The third-order valence-electron chi connectivity index (χ3n) is 1.38. The molecule has 11 heavy (non-hydrogen) atoms. The van der Waals surface area contributed by atoms with E-state index in [9.17, 15) is 0 Å². The van der Waals surface area contributed by atoms with E-state index in [0.29, 0.717) is 12.6 Å². The summed E-state index contributed by atoms with van der Waals surface area (Å²) in [5.74, 6) is 0. The van der Waals surface area contributed by atoms with Crippen molar-refractivity contribution in [3.63, 3.8) is 0 Å². The van der Waals surface area contributed by atoms with E-state index in [2.05, 4.69) is 27.4 Å². The van der Waals surface area contributed by atoms with Crippen LogP contribution >= 0.6 is 0 Å². The SMILES string of the molecule is C=CCON(CCC)C(C)C. The van der Waals surface area contributed by atoms with Crippen LogP contribution in [-0.2, 0) is 4.84 Å². The van der Waals surface area contributed by atoms with Gasteiger partial charge in [0.1, 0.15) is 0 Å². The standard InChI is InChI=1S/C9H19NO/c1-5-7-10(9(3)4)11-8-6-2/h6,9H,2,5,7-8H2,1,3-4H3. The molecule has 0 N–H and O–H groups in total. The Bertz CT molecular complexity index is 102. The second-order valence-corrected chi connectivity index (χ2v) is 2.82. The van der Waals surface area contributed by atoms with Gasteiger partial charge in [0.2, 0.25) is 0 Å². The zero-order valence-electron chi connectivity index (χ0n) is 7.84. The molecule has 0 aromatic heterocycles. The number of rotatable bonds is 6. The number of hydroxylamine groups is 2. The van der Waals surface area contributed by atoms with Crippen LogP contribution in [0.15, 0.2) is 12.7 Å². The van der Waals surface area contributed by atoms with E-state index in [1.807, 2.05) is 5.06 Å². The molecule has 2 nitrogen and oxygen atoms in total. The molecule has 0 radical (unpaired) electrons. The molecule has 0 saturated heterocycles. The minimum absolute atomic E-state index is 0.454. The molecular formula is C9H19NO. The molecule has 0 aliphatic heterocycles. The second kappa shape index (κ2) is 6.38. The van der Waals surface area contributed by atoms with Crippen LogP contribution in [0.2, 0.25) is 0 Å². The van der Waals surface area contributed by atoms with Gasteiger partial charge in [-0.2, -0.15) is 5.06 Å². The lowest BCUT2D eigenvalue weighted by molar-refractivity contribution is -0.169. The lowest BCUT2D eigenvalue weighted by atomic mass is 10.3. The van der Waals surface area contributed by atoms with E-state index in [-0.39, 0.29) is 0 Å². The van der Waals surface area contributed by atoms with Crippen molar-refractivity contribution in [1.82, 2.24) is 5.06 Å². The van der Waals surface area contributed by atoms with E-state index in [1.165, 1.54) is 0 Å². The average Bonchev–Trinajstić information content (AvgIpc) is 1.97. The van der Waals surface area contributed by atoms with E-state index in [0.717, 1.165) is 13.0 Å². The van der Waals surface area contributed by atoms with Crippen LogP contribution < -0.4 is 0 Å². The van der Waals surface area contributed by atoms with Crippen molar-refractivity contribution < 1.29 is 4.84 Å².